The van der Waals surface area contributed by atoms with Crippen LogP contribution in [0.15, 0.2) is 30.3 Å². The molecule has 1 unspecified atom stereocenters. The third-order valence-corrected chi connectivity index (χ3v) is 3.38. The first-order chi connectivity index (χ1) is 9.24. The lowest BCUT2D eigenvalue weighted by Crippen LogP contribution is -2.40. The second-order valence-corrected chi connectivity index (χ2v) is 4.95. The molecule has 1 atom stereocenters. The molecule has 0 spiro atoms. The van der Waals surface area contributed by atoms with Crippen LogP contribution in [0, 0.1) is 0 Å². The Morgan fingerprint density at radius 1 is 1.32 bits per heavy atom. The minimum absolute atomic E-state index is 0.459. The second kappa shape index (κ2) is 7.11. The molecule has 1 aromatic carbocycles. The number of hydrogen-bond donors (Lipinski definition) is 3. The SMILES string of the molecule is NC(=O)NCCNC1CCN(Cc2ccccc2)C1. The van der Waals surface area contributed by atoms with Gasteiger partial charge in [0.1, 0.15) is 0 Å². The van der Waals surface area contributed by atoms with Crippen LogP contribution in [-0.2, 0) is 6.54 Å². The Labute approximate surface area is 114 Å². The van der Waals surface area contributed by atoms with Crippen molar-refractivity contribution in [3.05, 3.63) is 35.9 Å². The van der Waals surface area contributed by atoms with Crippen LogP contribution in [-0.4, -0.2) is 43.2 Å². The lowest BCUT2D eigenvalue weighted by Gasteiger charge is -2.16. The van der Waals surface area contributed by atoms with E-state index in [1.54, 1.807) is 0 Å². The average Bonchev–Trinajstić information content (AvgIpc) is 2.83. The summed E-state index contributed by atoms with van der Waals surface area (Å²) in [5, 5.41) is 6.02. The number of rotatable bonds is 6. The topological polar surface area (TPSA) is 70.4 Å². The van der Waals surface area contributed by atoms with Gasteiger partial charge in [-0.1, -0.05) is 30.3 Å². The van der Waals surface area contributed by atoms with Crippen LogP contribution >= 0.6 is 0 Å². The van der Waals surface area contributed by atoms with Gasteiger partial charge in [-0.3, -0.25) is 4.90 Å². The summed E-state index contributed by atoms with van der Waals surface area (Å²) in [5.74, 6) is 0. The first kappa shape index (κ1) is 13.8. The molecule has 5 nitrogen and oxygen atoms in total. The Balaban J connectivity index is 1.64. The van der Waals surface area contributed by atoms with Gasteiger partial charge < -0.3 is 16.4 Å². The molecule has 0 radical (unpaired) electrons. The Morgan fingerprint density at radius 2 is 2.11 bits per heavy atom. The molecule has 1 saturated heterocycles. The maximum atomic E-state index is 10.5. The summed E-state index contributed by atoms with van der Waals surface area (Å²) in [6, 6.07) is 10.6. The van der Waals surface area contributed by atoms with Crippen molar-refractivity contribution in [2.45, 2.75) is 19.0 Å². The van der Waals surface area contributed by atoms with Crippen LogP contribution in [0.25, 0.3) is 0 Å². The van der Waals surface area contributed by atoms with Crippen molar-refractivity contribution in [1.29, 1.82) is 0 Å². The van der Waals surface area contributed by atoms with Crippen molar-refractivity contribution < 1.29 is 4.79 Å². The molecule has 2 rings (SSSR count). The Kier molecular flexibility index (Phi) is 5.18. The van der Waals surface area contributed by atoms with E-state index in [1.807, 2.05) is 6.07 Å². The largest absolute Gasteiger partial charge is 0.352 e. The first-order valence-corrected chi connectivity index (χ1v) is 6.77. The molecule has 4 N–H and O–H groups in total. The zero-order valence-electron chi connectivity index (χ0n) is 11.1. The molecule has 0 saturated carbocycles. The third kappa shape index (κ3) is 4.89. The summed E-state index contributed by atoms with van der Waals surface area (Å²) in [6.07, 6.45) is 1.16. The number of likely N-dealkylation sites (tertiary alicyclic amines) is 1. The summed E-state index contributed by atoms with van der Waals surface area (Å²) in [5.41, 5.74) is 6.37. The summed E-state index contributed by atoms with van der Waals surface area (Å²) in [6.45, 7) is 4.55. The summed E-state index contributed by atoms with van der Waals surface area (Å²) in [4.78, 5) is 13.0. The fourth-order valence-corrected chi connectivity index (χ4v) is 2.45. The normalized spacial score (nSPS) is 19.5. The standard InChI is InChI=1S/C14H22N4O/c15-14(19)17-8-7-16-13-6-9-18(11-13)10-12-4-2-1-3-5-12/h1-5,13,16H,6-11H2,(H3,15,17,19). The number of urea groups is 1. The Bertz CT molecular complexity index is 396. The number of primary amides is 1. The maximum Gasteiger partial charge on any atom is 0.312 e. The lowest BCUT2D eigenvalue weighted by atomic mass is 10.2. The van der Waals surface area contributed by atoms with Crippen molar-refractivity contribution in [3.8, 4) is 0 Å². The van der Waals surface area contributed by atoms with E-state index >= 15 is 0 Å². The molecule has 104 valence electrons. The van der Waals surface area contributed by atoms with Crippen LogP contribution in [0.1, 0.15) is 12.0 Å². The van der Waals surface area contributed by atoms with E-state index in [-0.39, 0.29) is 0 Å². The van der Waals surface area contributed by atoms with Crippen LogP contribution in [0.3, 0.4) is 0 Å². The quantitative estimate of drug-likeness (QED) is 0.655. The summed E-state index contributed by atoms with van der Waals surface area (Å²) >= 11 is 0. The number of carbonyl (C=O) groups excluding carboxylic acids is 1. The highest BCUT2D eigenvalue weighted by molar-refractivity contribution is 5.71. The molecule has 0 bridgehead atoms. The molecule has 19 heavy (non-hydrogen) atoms. The summed E-state index contributed by atoms with van der Waals surface area (Å²) < 4.78 is 0. The molecule has 1 aliphatic heterocycles. The molecule has 1 aliphatic rings. The fraction of sp³-hybridized carbons (Fsp3) is 0.500. The smallest absolute Gasteiger partial charge is 0.312 e. The monoisotopic (exact) mass is 262 g/mol. The van der Waals surface area contributed by atoms with Gasteiger partial charge in [0.25, 0.3) is 0 Å². The van der Waals surface area contributed by atoms with Crippen molar-refractivity contribution in [1.82, 2.24) is 15.5 Å². The number of nitrogens with zero attached hydrogens (tertiary/aromatic N) is 1. The van der Waals surface area contributed by atoms with E-state index in [4.69, 9.17) is 5.73 Å². The van der Waals surface area contributed by atoms with E-state index in [1.165, 1.54) is 5.56 Å². The van der Waals surface area contributed by atoms with E-state index < -0.39 is 6.03 Å². The molecule has 1 heterocycles. The van der Waals surface area contributed by atoms with Gasteiger partial charge in [0.05, 0.1) is 0 Å². The molecule has 5 heteroatoms. The Hall–Kier alpha value is -1.59. The van der Waals surface area contributed by atoms with Gasteiger partial charge in [-0.15, -0.1) is 0 Å². The van der Waals surface area contributed by atoms with E-state index in [0.717, 1.165) is 32.6 Å². The van der Waals surface area contributed by atoms with E-state index in [0.29, 0.717) is 12.6 Å². The molecule has 1 aromatic rings. The third-order valence-electron chi connectivity index (χ3n) is 3.38. The predicted octanol–water partition coefficient (Wildman–Crippen LogP) is 0.519. The fourth-order valence-electron chi connectivity index (χ4n) is 2.45. The van der Waals surface area contributed by atoms with Gasteiger partial charge in [0.2, 0.25) is 0 Å². The molecule has 1 fully saturated rings. The van der Waals surface area contributed by atoms with Crippen molar-refractivity contribution in [3.63, 3.8) is 0 Å². The molecule has 2 amide bonds. The first-order valence-electron chi connectivity index (χ1n) is 6.77. The average molecular weight is 262 g/mol. The number of benzene rings is 1. The molecule has 0 aromatic heterocycles. The highest BCUT2D eigenvalue weighted by Gasteiger charge is 2.21. The van der Waals surface area contributed by atoms with Gasteiger partial charge >= 0.3 is 6.03 Å². The van der Waals surface area contributed by atoms with Crippen LogP contribution in [0.2, 0.25) is 0 Å². The van der Waals surface area contributed by atoms with Crippen LogP contribution in [0.4, 0.5) is 4.79 Å². The zero-order valence-corrected chi connectivity index (χ0v) is 11.1. The number of carbonyl (C=O) groups is 1. The number of nitrogens with two attached hydrogens (primary N) is 1. The van der Waals surface area contributed by atoms with E-state index in [2.05, 4.69) is 39.8 Å². The zero-order chi connectivity index (χ0) is 13.5. The van der Waals surface area contributed by atoms with Gasteiger partial charge in [0, 0.05) is 38.8 Å². The summed E-state index contributed by atoms with van der Waals surface area (Å²) in [7, 11) is 0. The van der Waals surface area contributed by atoms with Crippen LogP contribution < -0.4 is 16.4 Å². The lowest BCUT2D eigenvalue weighted by molar-refractivity contribution is 0.248. The van der Waals surface area contributed by atoms with Gasteiger partial charge in [0.15, 0.2) is 0 Å². The van der Waals surface area contributed by atoms with Crippen molar-refractivity contribution >= 4 is 6.03 Å². The minimum Gasteiger partial charge on any atom is -0.352 e. The minimum atomic E-state index is -0.459. The Morgan fingerprint density at radius 3 is 2.84 bits per heavy atom. The highest BCUT2D eigenvalue weighted by Crippen LogP contribution is 2.13. The van der Waals surface area contributed by atoms with Crippen LogP contribution in [0.5, 0.6) is 0 Å². The molecular formula is C14H22N4O. The van der Waals surface area contributed by atoms with E-state index in [9.17, 15) is 4.79 Å². The number of amides is 2. The predicted molar refractivity (Wildman–Crippen MR) is 75.7 cm³/mol. The molecule has 0 aliphatic carbocycles. The number of hydrogen-bond acceptors (Lipinski definition) is 3. The van der Waals surface area contributed by atoms with Crippen molar-refractivity contribution in [2.75, 3.05) is 26.2 Å². The molecular weight excluding hydrogens is 240 g/mol. The van der Waals surface area contributed by atoms with Gasteiger partial charge in [-0.2, -0.15) is 0 Å². The maximum absolute atomic E-state index is 10.5. The van der Waals surface area contributed by atoms with Gasteiger partial charge in [-0.25, -0.2) is 4.79 Å². The second-order valence-electron chi connectivity index (χ2n) is 4.95. The highest BCUT2D eigenvalue weighted by atomic mass is 16.2. The van der Waals surface area contributed by atoms with Crippen molar-refractivity contribution in [2.24, 2.45) is 5.73 Å². The number of nitrogens with one attached hydrogen (secondary N) is 2. The van der Waals surface area contributed by atoms with Gasteiger partial charge in [-0.05, 0) is 12.0 Å².